The van der Waals surface area contributed by atoms with Gasteiger partial charge in [0.1, 0.15) is 11.6 Å². The second-order valence-corrected chi connectivity index (χ2v) is 6.37. The highest BCUT2D eigenvalue weighted by Crippen LogP contribution is 2.35. The molecule has 0 aliphatic rings. The smallest absolute Gasteiger partial charge is 0.223 e. The van der Waals surface area contributed by atoms with Gasteiger partial charge in [0, 0.05) is 11.1 Å². The van der Waals surface area contributed by atoms with Crippen molar-refractivity contribution in [3.8, 4) is 11.6 Å². The molecule has 1 heterocycles. The summed E-state index contributed by atoms with van der Waals surface area (Å²) in [4.78, 5) is 4.01. The number of hydrogen-bond donors (Lipinski definition) is 0. The van der Waals surface area contributed by atoms with Gasteiger partial charge < -0.3 is 4.74 Å². The molecule has 0 amide bonds. The molecule has 0 saturated carbocycles. The van der Waals surface area contributed by atoms with Crippen molar-refractivity contribution in [2.45, 2.75) is 39.0 Å². The fourth-order valence-corrected chi connectivity index (χ4v) is 2.27. The summed E-state index contributed by atoms with van der Waals surface area (Å²) in [7, 11) is 0. The highest BCUT2D eigenvalue weighted by Gasteiger charge is 2.20. The summed E-state index contributed by atoms with van der Waals surface area (Å²) in [5, 5.41) is 0. The molecule has 0 radical (unpaired) electrons. The van der Waals surface area contributed by atoms with Gasteiger partial charge in [-0.25, -0.2) is 9.37 Å². The number of alkyl halides is 1. The fourth-order valence-electron chi connectivity index (χ4n) is 2.08. The van der Waals surface area contributed by atoms with E-state index in [0.29, 0.717) is 11.4 Å². The molecule has 0 fully saturated rings. The van der Waals surface area contributed by atoms with Crippen molar-refractivity contribution >= 4 is 11.6 Å². The third-order valence-electron chi connectivity index (χ3n) is 3.19. The van der Waals surface area contributed by atoms with Crippen LogP contribution in [0.5, 0.6) is 11.6 Å². The van der Waals surface area contributed by atoms with Gasteiger partial charge in [-0.1, -0.05) is 38.5 Å². The molecule has 0 N–H and O–H groups in total. The van der Waals surface area contributed by atoms with Crippen molar-refractivity contribution in [2.75, 3.05) is 0 Å². The minimum Gasteiger partial charge on any atom is -0.438 e. The number of halogens is 2. The first kappa shape index (κ1) is 15.8. The van der Waals surface area contributed by atoms with Crippen LogP contribution < -0.4 is 4.74 Å². The van der Waals surface area contributed by atoms with Gasteiger partial charge in [0.2, 0.25) is 5.88 Å². The molecule has 21 heavy (non-hydrogen) atoms. The lowest BCUT2D eigenvalue weighted by Gasteiger charge is -2.23. The zero-order valence-corrected chi connectivity index (χ0v) is 13.5. The molecule has 2 rings (SSSR count). The van der Waals surface area contributed by atoms with E-state index in [-0.39, 0.29) is 11.3 Å². The summed E-state index contributed by atoms with van der Waals surface area (Å²) in [6.45, 7) is 8.40. The van der Waals surface area contributed by atoms with Gasteiger partial charge in [-0.15, -0.1) is 11.6 Å². The number of nitrogens with zero attached hydrogens (tertiary/aromatic N) is 1. The quantitative estimate of drug-likeness (QED) is 0.712. The van der Waals surface area contributed by atoms with E-state index >= 15 is 0 Å². The van der Waals surface area contributed by atoms with Crippen LogP contribution in [0, 0.1) is 12.7 Å². The average molecular weight is 308 g/mol. The molecule has 0 bridgehead atoms. The third-order valence-corrected chi connectivity index (χ3v) is 3.47. The molecule has 2 aromatic rings. The Kier molecular flexibility index (Phi) is 4.52. The maximum absolute atomic E-state index is 13.2. The summed E-state index contributed by atoms with van der Waals surface area (Å²) in [6, 6.07) is 7.34. The number of rotatable bonds is 3. The van der Waals surface area contributed by atoms with Gasteiger partial charge in [0.25, 0.3) is 0 Å². The van der Waals surface area contributed by atoms with Crippen LogP contribution in [0.4, 0.5) is 4.39 Å². The number of aryl methyl sites for hydroxylation is 1. The predicted octanol–water partition coefficient (Wildman–Crippen LogP) is 5.36. The molecule has 1 aromatic carbocycles. The third kappa shape index (κ3) is 3.73. The number of pyridine rings is 1. The molecule has 4 heteroatoms. The lowest BCUT2D eigenvalue weighted by atomic mass is 9.85. The van der Waals surface area contributed by atoms with Crippen LogP contribution in [-0.2, 0) is 11.3 Å². The van der Waals surface area contributed by atoms with Crippen molar-refractivity contribution in [3.05, 3.63) is 53.0 Å². The topological polar surface area (TPSA) is 22.1 Å². The van der Waals surface area contributed by atoms with Crippen LogP contribution in [0.25, 0.3) is 0 Å². The Morgan fingerprint density at radius 1 is 1.24 bits per heavy atom. The average Bonchev–Trinajstić information content (AvgIpc) is 2.41. The van der Waals surface area contributed by atoms with E-state index in [9.17, 15) is 4.39 Å². The second kappa shape index (κ2) is 6.02. The Bertz CT molecular complexity index is 650. The minimum absolute atomic E-state index is 0.0670. The molecule has 112 valence electrons. The highest BCUT2D eigenvalue weighted by atomic mass is 35.5. The summed E-state index contributed by atoms with van der Waals surface area (Å²) in [6.07, 6.45) is 1.14. The Balaban J connectivity index is 2.45. The molecule has 0 spiro atoms. The monoisotopic (exact) mass is 307 g/mol. The van der Waals surface area contributed by atoms with E-state index < -0.39 is 5.82 Å². The summed E-state index contributed by atoms with van der Waals surface area (Å²) >= 11 is 5.84. The van der Waals surface area contributed by atoms with Crippen molar-refractivity contribution in [1.29, 1.82) is 0 Å². The van der Waals surface area contributed by atoms with Crippen LogP contribution in [0.3, 0.4) is 0 Å². The van der Waals surface area contributed by atoms with Crippen LogP contribution in [0.2, 0.25) is 0 Å². The van der Waals surface area contributed by atoms with Crippen LogP contribution in [0.1, 0.15) is 37.5 Å². The maximum atomic E-state index is 13.2. The van der Waals surface area contributed by atoms with E-state index in [0.717, 1.165) is 23.1 Å². The van der Waals surface area contributed by atoms with Crippen LogP contribution in [-0.4, -0.2) is 4.98 Å². The fraction of sp³-hybridized carbons (Fsp3) is 0.353. The Labute approximate surface area is 129 Å². The predicted molar refractivity (Wildman–Crippen MR) is 83.7 cm³/mol. The van der Waals surface area contributed by atoms with E-state index in [2.05, 4.69) is 31.8 Å². The summed E-state index contributed by atoms with van der Waals surface area (Å²) < 4.78 is 19.1. The van der Waals surface area contributed by atoms with Crippen molar-refractivity contribution in [1.82, 2.24) is 4.98 Å². The molecule has 0 atom stereocenters. The minimum atomic E-state index is -0.419. The van der Waals surface area contributed by atoms with Crippen molar-refractivity contribution in [2.24, 2.45) is 0 Å². The Morgan fingerprint density at radius 2 is 1.95 bits per heavy atom. The number of ether oxygens (including phenoxy) is 1. The number of aromatic nitrogens is 1. The van der Waals surface area contributed by atoms with Gasteiger partial charge in [-0.3, -0.25) is 0 Å². The zero-order chi connectivity index (χ0) is 15.6. The highest BCUT2D eigenvalue weighted by molar-refractivity contribution is 6.17. The number of hydrogen-bond acceptors (Lipinski definition) is 2. The second-order valence-electron chi connectivity index (χ2n) is 6.10. The van der Waals surface area contributed by atoms with Crippen molar-refractivity contribution in [3.63, 3.8) is 0 Å². The first-order valence-corrected chi connectivity index (χ1v) is 7.34. The molecule has 0 saturated heterocycles. The summed E-state index contributed by atoms with van der Waals surface area (Å²) in [5.41, 5.74) is 2.71. The number of benzene rings is 1. The van der Waals surface area contributed by atoms with Crippen LogP contribution >= 0.6 is 11.6 Å². The molecule has 0 aliphatic carbocycles. The van der Waals surface area contributed by atoms with E-state index in [1.165, 1.54) is 6.07 Å². The molecular formula is C17H19ClFNO. The van der Waals surface area contributed by atoms with Gasteiger partial charge >= 0.3 is 0 Å². The normalized spacial score (nSPS) is 11.5. The molecule has 0 aliphatic heterocycles. The molecule has 2 nitrogen and oxygen atoms in total. The summed E-state index contributed by atoms with van der Waals surface area (Å²) in [5.74, 6) is 0.800. The first-order valence-electron chi connectivity index (χ1n) is 6.80. The standard InChI is InChI=1S/C17H19ClFNO/c1-11-5-6-15(14(7-11)17(2,3)4)21-16-12(9-18)8-13(19)10-20-16/h5-8,10H,9H2,1-4H3. The largest absolute Gasteiger partial charge is 0.438 e. The maximum Gasteiger partial charge on any atom is 0.223 e. The van der Waals surface area contributed by atoms with Crippen LogP contribution in [0.15, 0.2) is 30.5 Å². The molecular weight excluding hydrogens is 289 g/mol. The first-order chi connectivity index (χ1) is 9.81. The van der Waals surface area contributed by atoms with Gasteiger partial charge in [0.05, 0.1) is 12.1 Å². The van der Waals surface area contributed by atoms with Gasteiger partial charge in [0.15, 0.2) is 0 Å². The van der Waals surface area contributed by atoms with E-state index in [4.69, 9.17) is 16.3 Å². The zero-order valence-electron chi connectivity index (χ0n) is 12.7. The Hall–Kier alpha value is -1.61. The van der Waals surface area contributed by atoms with Gasteiger partial charge in [-0.05, 0) is 24.5 Å². The SMILES string of the molecule is Cc1ccc(Oc2ncc(F)cc2CCl)c(C(C)(C)C)c1. The molecule has 0 unspecified atom stereocenters. The van der Waals surface area contributed by atoms with E-state index in [1.807, 2.05) is 19.1 Å². The van der Waals surface area contributed by atoms with Gasteiger partial charge in [-0.2, -0.15) is 0 Å². The Morgan fingerprint density at radius 3 is 2.57 bits per heavy atom. The lowest BCUT2D eigenvalue weighted by molar-refractivity contribution is 0.433. The van der Waals surface area contributed by atoms with E-state index in [1.54, 1.807) is 0 Å². The lowest BCUT2D eigenvalue weighted by Crippen LogP contribution is -2.13. The van der Waals surface area contributed by atoms with Crippen molar-refractivity contribution < 1.29 is 9.13 Å². The molecule has 1 aromatic heterocycles.